The van der Waals surface area contributed by atoms with E-state index in [1.165, 1.54) is 0 Å². The van der Waals surface area contributed by atoms with Gasteiger partial charge in [-0.1, -0.05) is 24.1 Å². The van der Waals surface area contributed by atoms with Crippen molar-refractivity contribution in [3.8, 4) is 11.8 Å². The summed E-state index contributed by atoms with van der Waals surface area (Å²) in [4.78, 5) is 5.75. The van der Waals surface area contributed by atoms with Crippen LogP contribution in [0.3, 0.4) is 0 Å². The van der Waals surface area contributed by atoms with Gasteiger partial charge >= 0.3 is 0 Å². The van der Waals surface area contributed by atoms with E-state index in [1.807, 2.05) is 24.3 Å². The molecule has 122 valence electrons. The molecule has 1 aromatic carbocycles. The number of hydrogen-bond donors (Lipinski definition) is 1. The Labute approximate surface area is 139 Å². The van der Waals surface area contributed by atoms with Crippen LogP contribution in [0.5, 0.6) is 0 Å². The smallest absolute Gasteiger partial charge is 0.230 e. The number of benzene rings is 1. The van der Waals surface area contributed by atoms with Crippen molar-refractivity contribution in [3.63, 3.8) is 0 Å². The van der Waals surface area contributed by atoms with Crippen LogP contribution in [0.15, 0.2) is 42.5 Å². The van der Waals surface area contributed by atoms with Crippen LogP contribution in [0.1, 0.15) is 12.1 Å². The Morgan fingerprint density at radius 3 is 2.46 bits per heavy atom. The van der Waals surface area contributed by atoms with E-state index in [-0.39, 0.29) is 5.82 Å². The molecule has 7 nitrogen and oxygen atoms in total. The molecular formula is C16H15N5O2S. The van der Waals surface area contributed by atoms with Crippen molar-refractivity contribution in [2.24, 2.45) is 0 Å². The second kappa shape index (κ2) is 6.68. The van der Waals surface area contributed by atoms with Crippen LogP contribution >= 0.6 is 0 Å². The minimum atomic E-state index is -3.35. The number of nitrogens with one attached hydrogen (secondary N) is 1. The van der Waals surface area contributed by atoms with E-state index in [1.54, 1.807) is 23.0 Å². The van der Waals surface area contributed by atoms with Crippen molar-refractivity contribution in [1.82, 2.24) is 20.0 Å². The Morgan fingerprint density at radius 2 is 1.79 bits per heavy atom. The highest BCUT2D eigenvalue weighted by molar-refractivity contribution is 7.92. The molecular weight excluding hydrogens is 326 g/mol. The van der Waals surface area contributed by atoms with Gasteiger partial charge in [0.15, 0.2) is 0 Å². The van der Waals surface area contributed by atoms with Crippen LogP contribution in [-0.4, -0.2) is 34.7 Å². The number of fused-ring (bicyclic) bond motifs is 1. The van der Waals surface area contributed by atoms with Crippen LogP contribution in [-0.2, 0) is 16.6 Å². The zero-order chi connectivity index (χ0) is 17.0. The molecule has 0 saturated carbocycles. The van der Waals surface area contributed by atoms with Crippen LogP contribution in [0.25, 0.3) is 11.0 Å². The van der Waals surface area contributed by atoms with E-state index in [0.717, 1.165) is 17.3 Å². The van der Waals surface area contributed by atoms with Gasteiger partial charge in [0.25, 0.3) is 0 Å². The summed E-state index contributed by atoms with van der Waals surface area (Å²) in [6.45, 7) is 0.572. The molecule has 0 fully saturated rings. The molecule has 24 heavy (non-hydrogen) atoms. The first kappa shape index (κ1) is 16.0. The van der Waals surface area contributed by atoms with E-state index < -0.39 is 10.0 Å². The lowest BCUT2D eigenvalue weighted by Crippen LogP contribution is -2.10. The van der Waals surface area contributed by atoms with Crippen molar-refractivity contribution in [3.05, 3.63) is 48.2 Å². The molecule has 0 unspecified atom stereocenters. The summed E-state index contributed by atoms with van der Waals surface area (Å²) < 4.78 is 24.7. The fraction of sp³-hybridized carbons (Fsp3) is 0.188. The monoisotopic (exact) mass is 341 g/mol. The summed E-state index contributed by atoms with van der Waals surface area (Å²) in [5, 5.41) is 8.71. The lowest BCUT2D eigenvalue weighted by atomic mass is 10.3. The van der Waals surface area contributed by atoms with Gasteiger partial charge in [-0.15, -0.1) is 0 Å². The molecule has 0 atom stereocenters. The van der Waals surface area contributed by atoms with E-state index in [0.29, 0.717) is 18.7 Å². The quantitative estimate of drug-likeness (QED) is 0.729. The van der Waals surface area contributed by atoms with Crippen molar-refractivity contribution >= 4 is 26.9 Å². The first-order valence-corrected chi connectivity index (χ1v) is 9.12. The Hall–Kier alpha value is -2.92. The first-order valence-electron chi connectivity index (χ1n) is 7.23. The zero-order valence-corrected chi connectivity index (χ0v) is 13.8. The van der Waals surface area contributed by atoms with Crippen LogP contribution in [0.4, 0.5) is 5.82 Å². The molecule has 0 saturated heterocycles. The molecule has 3 aromatic rings. The highest BCUT2D eigenvalue weighted by Crippen LogP contribution is 2.07. The maximum atomic E-state index is 11.2. The van der Waals surface area contributed by atoms with Crippen LogP contribution in [0.2, 0.25) is 0 Å². The van der Waals surface area contributed by atoms with E-state index in [4.69, 9.17) is 0 Å². The summed E-state index contributed by atoms with van der Waals surface area (Å²) >= 11 is 0. The molecule has 0 aliphatic rings. The van der Waals surface area contributed by atoms with Crippen molar-refractivity contribution in [2.75, 3.05) is 11.0 Å². The number of anilines is 1. The van der Waals surface area contributed by atoms with Gasteiger partial charge in [-0.3, -0.25) is 4.72 Å². The van der Waals surface area contributed by atoms with Crippen molar-refractivity contribution < 1.29 is 8.42 Å². The number of aryl methyl sites for hydroxylation is 1. The van der Waals surface area contributed by atoms with E-state index in [9.17, 15) is 8.42 Å². The van der Waals surface area contributed by atoms with Gasteiger partial charge in [-0.25, -0.2) is 13.4 Å². The number of hydrogen-bond acceptors (Lipinski definition) is 5. The summed E-state index contributed by atoms with van der Waals surface area (Å²) in [5.74, 6) is 6.16. The molecule has 0 bridgehead atoms. The highest BCUT2D eigenvalue weighted by atomic mass is 32.2. The largest absolute Gasteiger partial charge is 0.268 e. The van der Waals surface area contributed by atoms with Gasteiger partial charge in [0.1, 0.15) is 22.5 Å². The van der Waals surface area contributed by atoms with Gasteiger partial charge in [-0.2, -0.15) is 15.0 Å². The lowest BCUT2D eigenvalue weighted by Gasteiger charge is -2.02. The summed E-state index contributed by atoms with van der Waals surface area (Å²) in [6, 6.07) is 12.7. The molecule has 0 radical (unpaired) electrons. The highest BCUT2D eigenvalue weighted by Gasteiger charge is 2.03. The number of pyridine rings is 1. The van der Waals surface area contributed by atoms with Gasteiger partial charge < -0.3 is 0 Å². The molecule has 0 spiro atoms. The van der Waals surface area contributed by atoms with Crippen molar-refractivity contribution in [1.29, 1.82) is 0 Å². The zero-order valence-electron chi connectivity index (χ0n) is 13.0. The van der Waals surface area contributed by atoms with Gasteiger partial charge in [0.2, 0.25) is 10.0 Å². The predicted molar refractivity (Wildman–Crippen MR) is 91.7 cm³/mol. The van der Waals surface area contributed by atoms with Gasteiger partial charge in [0.05, 0.1) is 12.8 Å². The number of sulfonamides is 1. The minimum absolute atomic E-state index is 0.254. The minimum Gasteiger partial charge on any atom is -0.268 e. The summed E-state index contributed by atoms with van der Waals surface area (Å²) in [5.41, 5.74) is 2.21. The van der Waals surface area contributed by atoms with Gasteiger partial charge in [-0.05, 0) is 30.2 Å². The average molecular weight is 341 g/mol. The average Bonchev–Trinajstić information content (AvgIpc) is 2.93. The predicted octanol–water partition coefficient (Wildman–Crippen LogP) is 1.64. The van der Waals surface area contributed by atoms with E-state index in [2.05, 4.69) is 31.7 Å². The molecule has 2 aromatic heterocycles. The Morgan fingerprint density at radius 1 is 1.08 bits per heavy atom. The number of rotatable bonds is 4. The van der Waals surface area contributed by atoms with Crippen LogP contribution in [0, 0.1) is 11.8 Å². The topological polar surface area (TPSA) is 89.8 Å². The molecule has 2 heterocycles. The normalized spacial score (nSPS) is 11.0. The molecule has 3 rings (SSSR count). The molecule has 8 heteroatoms. The first-order chi connectivity index (χ1) is 11.5. The Kier molecular flexibility index (Phi) is 4.44. The molecule has 0 amide bonds. The second-order valence-electron chi connectivity index (χ2n) is 5.12. The summed E-state index contributed by atoms with van der Waals surface area (Å²) in [7, 11) is -3.35. The fourth-order valence-electron chi connectivity index (χ4n) is 2.06. The number of nitrogens with zero attached hydrogens (tertiary/aromatic N) is 4. The Balaban J connectivity index is 1.64. The van der Waals surface area contributed by atoms with Crippen LogP contribution < -0.4 is 4.72 Å². The second-order valence-corrected chi connectivity index (χ2v) is 6.87. The maximum absolute atomic E-state index is 11.2. The third-order valence-electron chi connectivity index (χ3n) is 3.02. The molecule has 1 N–H and O–H groups in total. The van der Waals surface area contributed by atoms with Crippen molar-refractivity contribution in [2.45, 2.75) is 13.0 Å². The Bertz CT molecular complexity index is 998. The summed E-state index contributed by atoms with van der Waals surface area (Å²) in [6.07, 6.45) is 1.64. The lowest BCUT2D eigenvalue weighted by molar-refractivity contribution is 0.555. The SMILES string of the molecule is CS(=O)(=O)Nc1cccc(C#CCCn2nc3ccccc3n2)n1. The fourth-order valence-corrected chi connectivity index (χ4v) is 2.56. The maximum Gasteiger partial charge on any atom is 0.230 e. The van der Waals surface area contributed by atoms with Gasteiger partial charge in [0, 0.05) is 6.42 Å². The third kappa shape index (κ3) is 4.30. The van der Waals surface area contributed by atoms with E-state index >= 15 is 0 Å². The molecule has 0 aliphatic carbocycles. The standard InChI is InChI=1S/C16H15N5O2S/c1-24(22,23)20-16-11-6-8-13(17-16)7-4-5-12-21-18-14-9-2-3-10-15(14)19-21/h2-3,6,8-11H,5,12H2,1H3,(H,17,20). The third-order valence-corrected chi connectivity index (χ3v) is 3.60. The molecule has 0 aliphatic heterocycles. The number of aromatic nitrogens is 4.